The number of oxime groups is 1. The van der Waals surface area contributed by atoms with Gasteiger partial charge in [0.1, 0.15) is 16.6 Å². The average Bonchev–Trinajstić information content (AvgIpc) is 2.73. The van der Waals surface area contributed by atoms with E-state index in [0.717, 1.165) is 0 Å². The lowest BCUT2D eigenvalue weighted by molar-refractivity contribution is -0.252. The standard InChI is InChI=1S/C17H23NO11S2/c19-9-11-13(20)14(21)16(23)28-17(11)30-12(18-29-31(24,25)26)7-4-8-27-15(22)10-5-2-1-3-6-10/h1-3,5-6,11,13-14,16-17,19-21,23H,4,7-9H2,(H,24,25,26). The van der Waals surface area contributed by atoms with Crippen LogP contribution in [0.5, 0.6) is 0 Å². The van der Waals surface area contributed by atoms with Crippen molar-refractivity contribution in [2.24, 2.45) is 11.1 Å². The quantitative estimate of drug-likeness (QED) is 0.0759. The van der Waals surface area contributed by atoms with Crippen molar-refractivity contribution in [1.82, 2.24) is 0 Å². The van der Waals surface area contributed by atoms with Gasteiger partial charge in [0.2, 0.25) is 0 Å². The first-order chi connectivity index (χ1) is 14.6. The van der Waals surface area contributed by atoms with Gasteiger partial charge >= 0.3 is 16.4 Å². The molecule has 31 heavy (non-hydrogen) atoms. The van der Waals surface area contributed by atoms with Crippen LogP contribution in [0.1, 0.15) is 23.2 Å². The molecule has 0 amide bonds. The van der Waals surface area contributed by atoms with E-state index in [-0.39, 0.29) is 24.5 Å². The van der Waals surface area contributed by atoms with Crippen molar-refractivity contribution in [3.8, 4) is 0 Å². The van der Waals surface area contributed by atoms with Gasteiger partial charge in [0.05, 0.1) is 24.9 Å². The number of thioether (sulfide) groups is 1. The first kappa shape index (κ1) is 25.5. The molecule has 0 bridgehead atoms. The average molecular weight is 482 g/mol. The molecule has 0 aromatic heterocycles. The molecule has 1 fully saturated rings. The Morgan fingerprint density at radius 3 is 2.45 bits per heavy atom. The summed E-state index contributed by atoms with van der Waals surface area (Å²) in [4.78, 5) is 11.9. The zero-order chi connectivity index (χ0) is 23.0. The lowest BCUT2D eigenvalue weighted by Crippen LogP contribution is -2.54. The van der Waals surface area contributed by atoms with Crippen LogP contribution >= 0.6 is 11.8 Å². The summed E-state index contributed by atoms with van der Waals surface area (Å²) in [7, 11) is -4.90. The molecule has 14 heteroatoms. The van der Waals surface area contributed by atoms with E-state index in [2.05, 4.69) is 9.44 Å². The molecule has 174 valence electrons. The predicted molar refractivity (Wildman–Crippen MR) is 107 cm³/mol. The molecule has 0 spiro atoms. The van der Waals surface area contributed by atoms with Crippen LogP contribution < -0.4 is 0 Å². The normalized spacial score (nSPS) is 27.0. The van der Waals surface area contributed by atoms with E-state index in [4.69, 9.17) is 14.0 Å². The van der Waals surface area contributed by atoms with Crippen molar-refractivity contribution in [2.45, 2.75) is 36.8 Å². The summed E-state index contributed by atoms with van der Waals surface area (Å²) in [5.41, 5.74) is -0.780. The molecule has 1 aliphatic rings. The predicted octanol–water partition coefficient (Wildman–Crippen LogP) is -0.505. The second kappa shape index (κ2) is 11.7. The highest BCUT2D eigenvalue weighted by Crippen LogP contribution is 2.33. The van der Waals surface area contributed by atoms with Gasteiger partial charge in [-0.2, -0.15) is 8.42 Å². The highest BCUT2D eigenvalue weighted by molar-refractivity contribution is 8.14. The number of esters is 1. The van der Waals surface area contributed by atoms with E-state index in [9.17, 15) is 33.6 Å². The number of rotatable bonds is 9. The van der Waals surface area contributed by atoms with Gasteiger partial charge in [-0.25, -0.2) is 9.08 Å². The zero-order valence-electron chi connectivity index (χ0n) is 16.1. The Kier molecular flexibility index (Phi) is 9.64. The fraction of sp³-hybridized carbons (Fsp3) is 0.529. The Balaban J connectivity index is 1.99. The van der Waals surface area contributed by atoms with Gasteiger partial charge in [0.25, 0.3) is 0 Å². The third-order valence-corrected chi connectivity index (χ3v) is 5.68. The molecule has 1 aromatic rings. The summed E-state index contributed by atoms with van der Waals surface area (Å²) in [5, 5.41) is 42.1. The molecule has 5 atom stereocenters. The van der Waals surface area contributed by atoms with Crippen LogP contribution in [0.15, 0.2) is 35.5 Å². The lowest BCUT2D eigenvalue weighted by atomic mass is 9.96. The number of aliphatic hydroxyl groups is 4. The van der Waals surface area contributed by atoms with Crippen molar-refractivity contribution in [3.05, 3.63) is 35.9 Å². The fourth-order valence-electron chi connectivity index (χ4n) is 2.61. The number of carbonyl (C=O) groups excluding carboxylic acids is 1. The summed E-state index contributed by atoms with van der Waals surface area (Å²) >= 11 is 0.699. The molecule has 12 nitrogen and oxygen atoms in total. The molecule has 0 saturated carbocycles. The Hall–Kier alpha value is -1.78. The number of benzene rings is 1. The van der Waals surface area contributed by atoms with Gasteiger partial charge in [0.15, 0.2) is 6.29 Å². The van der Waals surface area contributed by atoms with Crippen LogP contribution in [0.3, 0.4) is 0 Å². The number of hydrogen-bond donors (Lipinski definition) is 5. The summed E-state index contributed by atoms with van der Waals surface area (Å²) < 4.78 is 44.7. The van der Waals surface area contributed by atoms with Crippen LogP contribution in [-0.4, -0.2) is 81.6 Å². The third-order valence-electron chi connectivity index (χ3n) is 4.18. The van der Waals surface area contributed by atoms with Crippen LogP contribution in [0.2, 0.25) is 0 Å². The fourth-order valence-corrected chi connectivity index (χ4v) is 4.04. The zero-order valence-corrected chi connectivity index (χ0v) is 17.7. The molecule has 1 aromatic carbocycles. The maximum absolute atomic E-state index is 11.9. The highest BCUT2D eigenvalue weighted by Gasteiger charge is 2.44. The maximum Gasteiger partial charge on any atom is 0.466 e. The Bertz CT molecular complexity index is 849. The number of hydrogen-bond acceptors (Lipinski definition) is 12. The molecule has 1 saturated heterocycles. The van der Waals surface area contributed by atoms with Gasteiger partial charge < -0.3 is 29.9 Å². The van der Waals surface area contributed by atoms with Crippen LogP contribution in [0, 0.1) is 5.92 Å². The Labute approximate surface area is 182 Å². The molecule has 1 heterocycles. The van der Waals surface area contributed by atoms with Crippen molar-refractivity contribution in [2.75, 3.05) is 13.2 Å². The van der Waals surface area contributed by atoms with Gasteiger partial charge in [-0.05, 0) is 18.6 Å². The van der Waals surface area contributed by atoms with E-state index < -0.39 is 52.8 Å². The summed E-state index contributed by atoms with van der Waals surface area (Å²) in [5.74, 6) is -1.60. The molecular weight excluding hydrogens is 458 g/mol. The minimum atomic E-state index is -4.90. The molecule has 0 radical (unpaired) electrons. The molecule has 1 aliphatic heterocycles. The molecular formula is C17H23NO11S2. The summed E-state index contributed by atoms with van der Waals surface area (Å²) in [6.07, 6.45) is -4.77. The Morgan fingerprint density at radius 2 is 1.84 bits per heavy atom. The van der Waals surface area contributed by atoms with Crippen LogP contribution in [0.4, 0.5) is 0 Å². The van der Waals surface area contributed by atoms with E-state index in [1.54, 1.807) is 30.3 Å². The molecule has 5 N–H and O–H groups in total. The topological polar surface area (TPSA) is 192 Å². The second-order valence-corrected chi connectivity index (χ2v) is 8.61. The summed E-state index contributed by atoms with van der Waals surface area (Å²) in [6, 6.07) is 8.24. The number of nitrogens with zero attached hydrogens (tertiary/aromatic N) is 1. The minimum absolute atomic E-state index is 0.00495. The van der Waals surface area contributed by atoms with Crippen LogP contribution in [0.25, 0.3) is 0 Å². The molecule has 0 aliphatic carbocycles. The van der Waals surface area contributed by atoms with Crippen molar-refractivity contribution >= 4 is 33.2 Å². The smallest absolute Gasteiger partial charge is 0.462 e. The monoisotopic (exact) mass is 481 g/mol. The first-order valence-corrected chi connectivity index (χ1v) is 11.3. The summed E-state index contributed by atoms with van der Waals surface area (Å²) in [6.45, 7) is -0.679. The van der Waals surface area contributed by atoms with Gasteiger partial charge in [-0.3, -0.25) is 4.55 Å². The van der Waals surface area contributed by atoms with Crippen molar-refractivity contribution in [3.63, 3.8) is 0 Å². The maximum atomic E-state index is 11.9. The first-order valence-electron chi connectivity index (χ1n) is 9.04. The van der Waals surface area contributed by atoms with Crippen molar-refractivity contribution < 1.29 is 51.9 Å². The van der Waals surface area contributed by atoms with Crippen LogP contribution in [-0.2, 0) is 24.2 Å². The van der Waals surface area contributed by atoms with Gasteiger partial charge in [-0.1, -0.05) is 35.1 Å². The van der Waals surface area contributed by atoms with Gasteiger partial charge in [-0.15, -0.1) is 0 Å². The number of carbonyl (C=O) groups is 1. The van der Waals surface area contributed by atoms with E-state index in [0.29, 0.717) is 17.3 Å². The second-order valence-electron chi connectivity index (χ2n) is 6.43. The SMILES string of the molecule is O=C(OCCCC(=NOS(=O)(=O)O)SC1OC(O)C(O)C(O)C1CO)c1ccccc1. The third kappa shape index (κ3) is 8.01. The van der Waals surface area contributed by atoms with E-state index in [1.165, 1.54) is 0 Å². The minimum Gasteiger partial charge on any atom is -0.462 e. The van der Waals surface area contributed by atoms with Crippen molar-refractivity contribution in [1.29, 1.82) is 0 Å². The Morgan fingerprint density at radius 1 is 1.16 bits per heavy atom. The van der Waals surface area contributed by atoms with E-state index >= 15 is 0 Å². The number of aliphatic hydroxyl groups excluding tert-OH is 4. The van der Waals surface area contributed by atoms with E-state index in [1.807, 2.05) is 0 Å². The largest absolute Gasteiger partial charge is 0.466 e. The number of ether oxygens (including phenoxy) is 2. The molecule has 2 rings (SSSR count). The van der Waals surface area contributed by atoms with Gasteiger partial charge in [0, 0.05) is 12.3 Å². The molecule has 5 unspecified atom stereocenters. The lowest BCUT2D eigenvalue weighted by Gasteiger charge is -2.39. The highest BCUT2D eigenvalue weighted by atomic mass is 32.3.